The highest BCUT2D eigenvalue weighted by Crippen LogP contribution is 1.91. The van der Waals surface area contributed by atoms with Crippen LogP contribution in [0.15, 0.2) is 12.4 Å². The molecular weight excluding hydrogens is 130 g/mol. The molecule has 1 heterocycles. The monoisotopic (exact) mass is 141 g/mol. The van der Waals surface area contributed by atoms with E-state index in [0.717, 1.165) is 6.42 Å². The van der Waals surface area contributed by atoms with Crippen LogP contribution in [0.3, 0.4) is 0 Å². The Bertz CT molecular complexity index is 173. The summed E-state index contributed by atoms with van der Waals surface area (Å²) in [6, 6.07) is 0. The third-order valence-electron chi connectivity index (χ3n) is 1.31. The molecule has 4 heteroatoms. The predicted octanol–water partition coefficient (Wildman–Crippen LogP) is 0.0490. The topological polar surface area (TPSA) is 50.9 Å². The molecule has 10 heavy (non-hydrogen) atoms. The van der Waals surface area contributed by atoms with Crippen LogP contribution in [0, 0.1) is 0 Å². The predicted molar refractivity (Wildman–Crippen MR) is 36.3 cm³/mol. The molecule has 0 aromatic carbocycles. The van der Waals surface area contributed by atoms with Crippen molar-refractivity contribution in [1.82, 2.24) is 15.0 Å². The van der Waals surface area contributed by atoms with Gasteiger partial charge in [0.2, 0.25) is 0 Å². The van der Waals surface area contributed by atoms with Gasteiger partial charge in [-0.25, -0.2) is 0 Å². The fourth-order valence-electron chi connectivity index (χ4n) is 0.655. The number of aromatic nitrogens is 3. The van der Waals surface area contributed by atoms with Crippen LogP contribution in [0.5, 0.6) is 0 Å². The molecule has 4 nitrogen and oxygen atoms in total. The van der Waals surface area contributed by atoms with Crippen molar-refractivity contribution in [3.8, 4) is 0 Å². The Balaban J connectivity index is 2.40. The van der Waals surface area contributed by atoms with Gasteiger partial charge in [0.1, 0.15) is 0 Å². The normalized spacial score (nSPS) is 13.4. The average molecular weight is 141 g/mol. The van der Waals surface area contributed by atoms with Crippen LogP contribution in [0.25, 0.3) is 0 Å². The maximum Gasteiger partial charge on any atom is 0.0866 e. The average Bonchev–Trinajstić information content (AvgIpc) is 2.40. The van der Waals surface area contributed by atoms with Gasteiger partial charge < -0.3 is 5.11 Å². The van der Waals surface area contributed by atoms with E-state index in [4.69, 9.17) is 5.11 Å². The van der Waals surface area contributed by atoms with E-state index in [2.05, 4.69) is 10.2 Å². The minimum Gasteiger partial charge on any atom is -0.391 e. The molecule has 56 valence electrons. The zero-order valence-corrected chi connectivity index (χ0v) is 5.94. The Morgan fingerprint density at radius 2 is 2.10 bits per heavy atom. The molecule has 0 saturated heterocycles. The van der Waals surface area contributed by atoms with Crippen LogP contribution in [-0.2, 0) is 6.54 Å². The minimum atomic E-state index is -0.326. The van der Waals surface area contributed by atoms with Gasteiger partial charge in [-0.1, -0.05) is 6.92 Å². The smallest absolute Gasteiger partial charge is 0.0866 e. The molecule has 0 saturated carbocycles. The molecule has 0 fully saturated rings. The van der Waals surface area contributed by atoms with Crippen molar-refractivity contribution >= 4 is 0 Å². The summed E-state index contributed by atoms with van der Waals surface area (Å²) in [7, 11) is 0. The van der Waals surface area contributed by atoms with Gasteiger partial charge in [0.25, 0.3) is 0 Å². The molecule has 1 N–H and O–H groups in total. The van der Waals surface area contributed by atoms with Crippen LogP contribution >= 0.6 is 0 Å². The van der Waals surface area contributed by atoms with E-state index in [1.165, 1.54) is 4.80 Å². The lowest BCUT2D eigenvalue weighted by Crippen LogP contribution is -2.16. The lowest BCUT2D eigenvalue weighted by atomic mass is 10.3. The van der Waals surface area contributed by atoms with Crippen LogP contribution in [0.1, 0.15) is 13.3 Å². The third-order valence-corrected chi connectivity index (χ3v) is 1.31. The van der Waals surface area contributed by atoms with Crippen LogP contribution in [0.4, 0.5) is 0 Å². The highest BCUT2D eigenvalue weighted by atomic mass is 16.3. The Kier molecular flexibility index (Phi) is 2.39. The fourth-order valence-corrected chi connectivity index (χ4v) is 0.655. The van der Waals surface area contributed by atoms with Crippen molar-refractivity contribution in [1.29, 1.82) is 0 Å². The molecule has 0 aliphatic rings. The second-order valence-corrected chi connectivity index (χ2v) is 2.15. The Morgan fingerprint density at radius 3 is 2.60 bits per heavy atom. The van der Waals surface area contributed by atoms with Crippen LogP contribution in [-0.4, -0.2) is 26.2 Å². The lowest BCUT2D eigenvalue weighted by Gasteiger charge is -2.04. The molecule has 1 atom stereocenters. The van der Waals surface area contributed by atoms with Gasteiger partial charge >= 0.3 is 0 Å². The fraction of sp³-hybridized carbons (Fsp3) is 0.667. The molecule has 0 spiro atoms. The second kappa shape index (κ2) is 3.31. The molecule has 0 amide bonds. The van der Waals surface area contributed by atoms with E-state index in [-0.39, 0.29) is 6.10 Å². The minimum absolute atomic E-state index is 0.326. The summed E-state index contributed by atoms with van der Waals surface area (Å²) in [6.45, 7) is 2.41. The van der Waals surface area contributed by atoms with E-state index < -0.39 is 0 Å². The lowest BCUT2D eigenvalue weighted by molar-refractivity contribution is 0.139. The third kappa shape index (κ3) is 1.80. The first-order valence-corrected chi connectivity index (χ1v) is 3.35. The largest absolute Gasteiger partial charge is 0.391 e. The summed E-state index contributed by atoms with van der Waals surface area (Å²) < 4.78 is 0. The molecule has 1 aromatic heterocycles. The zero-order chi connectivity index (χ0) is 7.40. The molecule has 1 aromatic rings. The summed E-state index contributed by atoms with van der Waals surface area (Å²) in [5.74, 6) is 0. The molecule has 1 rings (SSSR count). The number of aliphatic hydroxyl groups is 1. The first-order chi connectivity index (χ1) is 4.83. The number of nitrogens with zero attached hydrogens (tertiary/aromatic N) is 3. The molecule has 0 unspecified atom stereocenters. The second-order valence-electron chi connectivity index (χ2n) is 2.15. The Labute approximate surface area is 59.5 Å². The van der Waals surface area contributed by atoms with Gasteiger partial charge in [-0.3, -0.25) is 0 Å². The van der Waals surface area contributed by atoms with Gasteiger partial charge in [0, 0.05) is 0 Å². The van der Waals surface area contributed by atoms with Crippen molar-refractivity contribution in [2.45, 2.75) is 26.0 Å². The number of hydrogen-bond acceptors (Lipinski definition) is 3. The summed E-state index contributed by atoms with van der Waals surface area (Å²) >= 11 is 0. The summed E-state index contributed by atoms with van der Waals surface area (Å²) in [5.41, 5.74) is 0. The maximum absolute atomic E-state index is 9.13. The molecule has 0 aliphatic heterocycles. The Morgan fingerprint density at radius 1 is 1.50 bits per heavy atom. The van der Waals surface area contributed by atoms with E-state index in [1.54, 1.807) is 12.4 Å². The van der Waals surface area contributed by atoms with Gasteiger partial charge in [-0.15, -0.1) is 0 Å². The summed E-state index contributed by atoms with van der Waals surface area (Å²) in [5, 5.41) is 16.8. The van der Waals surface area contributed by atoms with Crippen LogP contribution < -0.4 is 0 Å². The van der Waals surface area contributed by atoms with Crippen molar-refractivity contribution in [2.24, 2.45) is 0 Å². The van der Waals surface area contributed by atoms with E-state index in [0.29, 0.717) is 6.54 Å². The quantitative estimate of drug-likeness (QED) is 0.647. The molecule has 0 aliphatic carbocycles. The Hall–Kier alpha value is -0.900. The van der Waals surface area contributed by atoms with Gasteiger partial charge in [-0.2, -0.15) is 15.0 Å². The van der Waals surface area contributed by atoms with E-state index >= 15 is 0 Å². The zero-order valence-electron chi connectivity index (χ0n) is 5.94. The number of aliphatic hydroxyl groups excluding tert-OH is 1. The van der Waals surface area contributed by atoms with Gasteiger partial charge in [0.15, 0.2) is 0 Å². The maximum atomic E-state index is 9.13. The standard InChI is InChI=1S/C6H11N3O/c1-2-6(10)5-9-7-3-4-8-9/h3-4,6,10H,2,5H2,1H3/t6-/m0/s1. The summed E-state index contributed by atoms with van der Waals surface area (Å²) in [6.07, 6.45) is 3.61. The van der Waals surface area contributed by atoms with Crippen molar-refractivity contribution in [3.63, 3.8) is 0 Å². The first-order valence-electron chi connectivity index (χ1n) is 3.35. The van der Waals surface area contributed by atoms with Crippen molar-refractivity contribution in [3.05, 3.63) is 12.4 Å². The van der Waals surface area contributed by atoms with E-state index in [9.17, 15) is 0 Å². The van der Waals surface area contributed by atoms with Crippen LogP contribution in [0.2, 0.25) is 0 Å². The molecular formula is C6H11N3O. The summed E-state index contributed by atoms with van der Waals surface area (Å²) in [4.78, 5) is 1.48. The van der Waals surface area contributed by atoms with E-state index in [1.807, 2.05) is 6.92 Å². The van der Waals surface area contributed by atoms with Gasteiger partial charge in [-0.05, 0) is 6.42 Å². The number of hydrogen-bond donors (Lipinski definition) is 1. The van der Waals surface area contributed by atoms with Crippen molar-refractivity contribution < 1.29 is 5.11 Å². The highest BCUT2D eigenvalue weighted by Gasteiger charge is 2.01. The number of rotatable bonds is 3. The van der Waals surface area contributed by atoms with Gasteiger partial charge in [0.05, 0.1) is 25.0 Å². The van der Waals surface area contributed by atoms with Crippen molar-refractivity contribution in [2.75, 3.05) is 0 Å². The SMILES string of the molecule is CC[C@H](O)Cn1nccn1. The highest BCUT2D eigenvalue weighted by molar-refractivity contribution is 4.61. The molecule has 0 bridgehead atoms. The first kappa shape index (κ1) is 7.21. The molecule has 0 radical (unpaired) electrons.